The van der Waals surface area contributed by atoms with Crippen molar-refractivity contribution in [2.45, 2.75) is 33.1 Å². The predicted molar refractivity (Wildman–Crippen MR) is 119 cm³/mol. The third kappa shape index (κ3) is 6.18. The van der Waals surface area contributed by atoms with E-state index in [1.54, 1.807) is 19.1 Å². The highest BCUT2D eigenvalue weighted by molar-refractivity contribution is 14.0. The van der Waals surface area contributed by atoms with Crippen molar-refractivity contribution in [2.75, 3.05) is 19.6 Å². The minimum Gasteiger partial charge on any atom is -0.361 e. The lowest BCUT2D eigenvalue weighted by atomic mass is 10.1. The number of hydrogen-bond donors (Lipinski definition) is 3. The molecule has 7 nitrogen and oxygen atoms in total. The minimum atomic E-state index is -0.220. The van der Waals surface area contributed by atoms with Crippen molar-refractivity contribution in [1.29, 1.82) is 0 Å². The topological polar surface area (TPSA) is 91.1 Å². The molecular formula is C19H26FIN6O. The summed E-state index contributed by atoms with van der Waals surface area (Å²) in [4.78, 5) is 11.9. The molecular weight excluding hydrogens is 474 g/mol. The largest absolute Gasteiger partial charge is 0.361 e. The molecule has 0 atom stereocenters. The summed E-state index contributed by atoms with van der Waals surface area (Å²) in [7, 11) is 0. The van der Waals surface area contributed by atoms with Gasteiger partial charge in [0.25, 0.3) is 0 Å². The number of fused-ring (bicyclic) bond motifs is 1. The number of nitrogens with zero attached hydrogens (tertiary/aromatic N) is 3. The van der Waals surface area contributed by atoms with Crippen molar-refractivity contribution in [3.8, 4) is 0 Å². The number of aryl methyl sites for hydroxylation is 2. The summed E-state index contributed by atoms with van der Waals surface area (Å²) < 4.78 is 18.6. The van der Waals surface area contributed by atoms with Gasteiger partial charge in [-0.2, -0.15) is 4.98 Å². The number of benzene rings is 1. The molecule has 28 heavy (non-hydrogen) atoms. The van der Waals surface area contributed by atoms with Crippen molar-refractivity contribution < 1.29 is 8.91 Å². The van der Waals surface area contributed by atoms with Crippen LogP contribution >= 0.6 is 24.0 Å². The number of H-pyrrole nitrogens is 1. The summed E-state index contributed by atoms with van der Waals surface area (Å²) in [6, 6.07) is 4.80. The Balaban J connectivity index is 0.00000280. The first-order valence-corrected chi connectivity index (χ1v) is 9.22. The molecule has 0 saturated heterocycles. The number of halogens is 2. The zero-order chi connectivity index (χ0) is 19.1. The summed E-state index contributed by atoms with van der Waals surface area (Å²) in [5, 5.41) is 11.3. The Kier molecular flexibility index (Phi) is 8.68. The van der Waals surface area contributed by atoms with Crippen LogP contribution in [0.5, 0.6) is 0 Å². The van der Waals surface area contributed by atoms with E-state index < -0.39 is 0 Å². The average molecular weight is 500 g/mol. The van der Waals surface area contributed by atoms with Gasteiger partial charge in [-0.3, -0.25) is 4.99 Å². The van der Waals surface area contributed by atoms with Gasteiger partial charge in [-0.05, 0) is 50.5 Å². The van der Waals surface area contributed by atoms with Crippen LogP contribution in [0.25, 0.3) is 10.9 Å². The van der Waals surface area contributed by atoms with Crippen LogP contribution in [0.15, 0.2) is 33.9 Å². The Labute approximate surface area is 180 Å². The SMILES string of the molecule is CCNC(=NCCCc1nc(C)no1)NCCc1c[nH]c2ccc(F)cc12.I. The Morgan fingerprint density at radius 3 is 2.89 bits per heavy atom. The Morgan fingerprint density at radius 1 is 1.29 bits per heavy atom. The summed E-state index contributed by atoms with van der Waals surface area (Å²) in [5.41, 5.74) is 2.03. The van der Waals surface area contributed by atoms with Gasteiger partial charge in [-0.15, -0.1) is 24.0 Å². The number of nitrogens with one attached hydrogen (secondary N) is 3. The van der Waals surface area contributed by atoms with Gasteiger partial charge in [0.15, 0.2) is 11.8 Å². The molecule has 0 aliphatic rings. The third-order valence-electron chi connectivity index (χ3n) is 4.15. The third-order valence-corrected chi connectivity index (χ3v) is 4.15. The maximum Gasteiger partial charge on any atom is 0.226 e. The van der Waals surface area contributed by atoms with Gasteiger partial charge in [0.05, 0.1) is 0 Å². The fourth-order valence-corrected chi connectivity index (χ4v) is 2.88. The fourth-order valence-electron chi connectivity index (χ4n) is 2.88. The number of hydrogen-bond acceptors (Lipinski definition) is 4. The molecule has 0 fully saturated rings. The molecule has 0 unspecified atom stereocenters. The second-order valence-electron chi connectivity index (χ2n) is 6.28. The molecule has 3 N–H and O–H groups in total. The van der Waals surface area contributed by atoms with Crippen molar-refractivity contribution in [3.63, 3.8) is 0 Å². The molecule has 0 bridgehead atoms. The molecule has 2 aromatic heterocycles. The molecule has 2 heterocycles. The normalized spacial score (nSPS) is 11.5. The maximum atomic E-state index is 13.5. The number of guanidine groups is 1. The first kappa shape index (κ1) is 22.1. The van der Waals surface area contributed by atoms with Gasteiger partial charge in [-0.25, -0.2) is 4.39 Å². The molecule has 0 saturated carbocycles. The average Bonchev–Trinajstić information content (AvgIpc) is 3.24. The van der Waals surface area contributed by atoms with Gasteiger partial charge >= 0.3 is 0 Å². The van der Waals surface area contributed by atoms with Gasteiger partial charge in [0.2, 0.25) is 5.89 Å². The van der Waals surface area contributed by atoms with E-state index in [0.29, 0.717) is 31.2 Å². The summed E-state index contributed by atoms with van der Waals surface area (Å²) >= 11 is 0. The van der Waals surface area contributed by atoms with E-state index in [2.05, 4.69) is 30.8 Å². The second kappa shape index (κ2) is 11.0. The standard InChI is InChI=1S/C19H25FN6O.HI/c1-3-21-19(22-9-4-5-18-25-13(2)26-27-18)23-10-8-14-12-24-17-7-6-15(20)11-16(14)17;/h6-7,11-12,24H,3-5,8-10H2,1-2H3,(H2,21,22,23);1H. The lowest BCUT2D eigenvalue weighted by Gasteiger charge is -2.11. The first-order chi connectivity index (χ1) is 13.2. The number of aromatic nitrogens is 3. The molecule has 0 spiro atoms. The highest BCUT2D eigenvalue weighted by Gasteiger charge is 2.06. The Morgan fingerprint density at radius 2 is 2.14 bits per heavy atom. The van der Waals surface area contributed by atoms with E-state index in [-0.39, 0.29) is 29.8 Å². The van der Waals surface area contributed by atoms with E-state index in [1.165, 1.54) is 6.07 Å². The smallest absolute Gasteiger partial charge is 0.226 e. The van der Waals surface area contributed by atoms with Crippen molar-refractivity contribution in [3.05, 3.63) is 47.5 Å². The van der Waals surface area contributed by atoms with E-state index in [9.17, 15) is 4.39 Å². The van der Waals surface area contributed by atoms with Crippen molar-refractivity contribution in [2.24, 2.45) is 4.99 Å². The lowest BCUT2D eigenvalue weighted by Crippen LogP contribution is -2.38. The molecule has 3 aromatic rings. The Bertz CT molecular complexity index is 907. The minimum absolute atomic E-state index is 0. The van der Waals surface area contributed by atoms with E-state index in [1.807, 2.05) is 13.1 Å². The van der Waals surface area contributed by atoms with Crippen molar-refractivity contribution in [1.82, 2.24) is 25.8 Å². The molecule has 3 rings (SSSR count). The molecule has 0 aliphatic carbocycles. The second-order valence-corrected chi connectivity index (χ2v) is 6.28. The Hall–Kier alpha value is -2.17. The van der Waals surface area contributed by atoms with E-state index in [4.69, 9.17) is 4.52 Å². The molecule has 152 valence electrons. The monoisotopic (exact) mass is 500 g/mol. The summed E-state index contributed by atoms with van der Waals surface area (Å²) in [6.45, 7) is 5.99. The predicted octanol–water partition coefficient (Wildman–Crippen LogP) is 3.35. The van der Waals surface area contributed by atoms with Crippen LogP contribution in [0.3, 0.4) is 0 Å². The summed E-state index contributed by atoms with van der Waals surface area (Å²) in [6.07, 6.45) is 4.25. The van der Waals surface area contributed by atoms with E-state index >= 15 is 0 Å². The van der Waals surface area contributed by atoms with Gasteiger partial charge in [0, 0.05) is 43.2 Å². The molecule has 0 aliphatic heterocycles. The van der Waals surface area contributed by atoms with Crippen LogP contribution in [-0.2, 0) is 12.8 Å². The zero-order valence-electron chi connectivity index (χ0n) is 16.1. The van der Waals surface area contributed by atoms with Gasteiger partial charge < -0.3 is 20.1 Å². The van der Waals surface area contributed by atoms with Crippen LogP contribution < -0.4 is 10.6 Å². The van der Waals surface area contributed by atoms with Crippen LogP contribution in [0, 0.1) is 12.7 Å². The highest BCUT2D eigenvalue weighted by Crippen LogP contribution is 2.19. The first-order valence-electron chi connectivity index (χ1n) is 9.22. The molecule has 1 aromatic carbocycles. The summed E-state index contributed by atoms with van der Waals surface area (Å²) in [5.74, 6) is 1.85. The maximum absolute atomic E-state index is 13.5. The number of rotatable bonds is 8. The van der Waals surface area contributed by atoms with Gasteiger partial charge in [-0.1, -0.05) is 5.16 Å². The quantitative estimate of drug-likeness (QED) is 0.191. The zero-order valence-corrected chi connectivity index (χ0v) is 18.4. The molecule has 0 amide bonds. The van der Waals surface area contributed by atoms with Crippen molar-refractivity contribution >= 4 is 40.8 Å². The molecule has 0 radical (unpaired) electrons. The van der Waals surface area contributed by atoms with Crippen LogP contribution in [0.2, 0.25) is 0 Å². The number of aromatic amines is 1. The van der Waals surface area contributed by atoms with E-state index in [0.717, 1.165) is 41.8 Å². The number of aliphatic imine (C=N–C) groups is 1. The van der Waals surface area contributed by atoms with Crippen LogP contribution in [0.4, 0.5) is 4.39 Å². The van der Waals surface area contributed by atoms with Crippen LogP contribution in [0.1, 0.15) is 30.6 Å². The lowest BCUT2D eigenvalue weighted by molar-refractivity contribution is 0.372. The van der Waals surface area contributed by atoms with Crippen LogP contribution in [-0.4, -0.2) is 40.7 Å². The van der Waals surface area contributed by atoms with Gasteiger partial charge in [0.1, 0.15) is 5.82 Å². The highest BCUT2D eigenvalue weighted by atomic mass is 127. The molecule has 9 heteroatoms. The fraction of sp³-hybridized carbons (Fsp3) is 0.421.